The fourth-order valence-corrected chi connectivity index (χ4v) is 4.46. The van der Waals surface area contributed by atoms with Crippen LogP contribution < -0.4 is 0 Å². The summed E-state index contributed by atoms with van der Waals surface area (Å²) < 4.78 is 4.22. The van der Waals surface area contributed by atoms with E-state index in [1.54, 1.807) is 0 Å². The molecule has 0 radical (unpaired) electrons. The quantitative estimate of drug-likeness (QED) is 0.713. The molecule has 0 unspecified atom stereocenters. The van der Waals surface area contributed by atoms with E-state index in [-0.39, 0.29) is 5.91 Å². The van der Waals surface area contributed by atoms with Crippen molar-refractivity contribution in [2.75, 3.05) is 13.1 Å². The fraction of sp³-hybridized carbons (Fsp3) is 0.429. The van der Waals surface area contributed by atoms with Crippen LogP contribution in [-0.4, -0.2) is 38.1 Å². The molecule has 0 bridgehead atoms. The largest absolute Gasteiger partial charge is 0.339 e. The lowest BCUT2D eigenvalue weighted by Crippen LogP contribution is -2.27. The molecule has 1 saturated heterocycles. The zero-order valence-corrected chi connectivity index (χ0v) is 15.0. The molecule has 0 N–H and O–H groups in total. The van der Waals surface area contributed by atoms with E-state index in [1.165, 1.54) is 25.7 Å². The van der Waals surface area contributed by atoms with Crippen LogP contribution in [0.1, 0.15) is 54.9 Å². The van der Waals surface area contributed by atoms with Gasteiger partial charge in [-0.05, 0) is 49.9 Å². The average Bonchev–Trinajstić information content (AvgIpc) is 3.47. The molecule has 3 aromatic rings. The molecular formula is C21H24N4O. The standard InChI is InChI=1S/C21H24N4O/c26-21(23-11-5-6-12-23)17-15-20(24-13-4-3-9-19(17)24)18-10-14-25(22-18)16-7-1-2-8-16/h3-4,9-10,13-16H,1-2,5-8,11-12H2. The van der Waals surface area contributed by atoms with Crippen molar-refractivity contribution in [3.63, 3.8) is 0 Å². The summed E-state index contributed by atoms with van der Waals surface area (Å²) >= 11 is 0. The van der Waals surface area contributed by atoms with Gasteiger partial charge in [0.1, 0.15) is 5.69 Å². The number of fused-ring (bicyclic) bond motifs is 1. The van der Waals surface area contributed by atoms with Crippen LogP contribution in [0.5, 0.6) is 0 Å². The second-order valence-electron chi connectivity index (χ2n) is 7.52. The Balaban J connectivity index is 1.56. The number of nitrogens with zero attached hydrogens (tertiary/aromatic N) is 4. The zero-order valence-electron chi connectivity index (χ0n) is 15.0. The minimum absolute atomic E-state index is 0.146. The van der Waals surface area contributed by atoms with Crippen molar-refractivity contribution in [3.8, 4) is 11.4 Å². The van der Waals surface area contributed by atoms with E-state index in [2.05, 4.69) is 21.3 Å². The molecular weight excluding hydrogens is 324 g/mol. The third-order valence-electron chi connectivity index (χ3n) is 5.87. The highest BCUT2D eigenvalue weighted by Gasteiger charge is 2.25. The Bertz CT molecular complexity index is 942. The van der Waals surface area contributed by atoms with Gasteiger partial charge >= 0.3 is 0 Å². The Morgan fingerprint density at radius 2 is 1.81 bits per heavy atom. The molecule has 0 atom stereocenters. The van der Waals surface area contributed by atoms with Gasteiger partial charge in [-0.1, -0.05) is 18.9 Å². The van der Waals surface area contributed by atoms with Crippen LogP contribution in [0, 0.1) is 0 Å². The molecule has 5 rings (SSSR count). The Hall–Kier alpha value is -2.56. The van der Waals surface area contributed by atoms with Crippen molar-refractivity contribution >= 4 is 11.4 Å². The maximum absolute atomic E-state index is 13.0. The second-order valence-corrected chi connectivity index (χ2v) is 7.52. The first-order valence-corrected chi connectivity index (χ1v) is 9.76. The molecule has 0 aromatic carbocycles. The molecule has 1 saturated carbocycles. The minimum atomic E-state index is 0.146. The van der Waals surface area contributed by atoms with Crippen molar-refractivity contribution in [2.24, 2.45) is 0 Å². The molecule has 0 spiro atoms. The minimum Gasteiger partial charge on any atom is -0.339 e. The highest BCUT2D eigenvalue weighted by molar-refractivity contribution is 6.02. The molecule has 1 aliphatic carbocycles. The SMILES string of the molecule is O=C(c1cc(-c2ccn(C3CCCC3)n2)n2ccccc12)N1CCCC1. The van der Waals surface area contributed by atoms with Gasteiger partial charge in [0.15, 0.2) is 0 Å². The number of rotatable bonds is 3. The summed E-state index contributed by atoms with van der Waals surface area (Å²) in [7, 11) is 0. The Kier molecular flexibility index (Phi) is 3.80. The van der Waals surface area contributed by atoms with Gasteiger partial charge < -0.3 is 9.30 Å². The number of amides is 1. The van der Waals surface area contributed by atoms with Crippen LogP contribution in [0.25, 0.3) is 16.9 Å². The average molecular weight is 348 g/mol. The van der Waals surface area contributed by atoms with Crippen molar-refractivity contribution in [1.82, 2.24) is 19.1 Å². The summed E-state index contributed by atoms with van der Waals surface area (Å²) in [6.45, 7) is 1.74. The highest BCUT2D eigenvalue weighted by atomic mass is 16.2. The van der Waals surface area contributed by atoms with Gasteiger partial charge in [-0.15, -0.1) is 0 Å². The lowest BCUT2D eigenvalue weighted by Gasteiger charge is -2.14. The number of aromatic nitrogens is 3. The van der Waals surface area contributed by atoms with Crippen LogP contribution in [0.15, 0.2) is 42.7 Å². The first kappa shape index (κ1) is 15.7. The highest BCUT2D eigenvalue weighted by Crippen LogP contribution is 2.31. The molecule has 1 amide bonds. The molecule has 5 nitrogen and oxygen atoms in total. The van der Waals surface area contributed by atoms with Gasteiger partial charge in [-0.2, -0.15) is 5.10 Å². The first-order valence-electron chi connectivity index (χ1n) is 9.76. The van der Waals surface area contributed by atoms with E-state index < -0.39 is 0 Å². The predicted octanol–water partition coefficient (Wildman–Crippen LogP) is 4.15. The number of hydrogen-bond acceptors (Lipinski definition) is 2. The van der Waals surface area contributed by atoms with Crippen molar-refractivity contribution in [1.29, 1.82) is 0 Å². The lowest BCUT2D eigenvalue weighted by atomic mass is 10.2. The monoisotopic (exact) mass is 348 g/mol. The molecule has 2 aliphatic rings. The Morgan fingerprint density at radius 3 is 2.62 bits per heavy atom. The normalized spacial score (nSPS) is 18.2. The van der Waals surface area contributed by atoms with E-state index in [0.717, 1.165) is 48.4 Å². The van der Waals surface area contributed by atoms with Crippen molar-refractivity contribution in [2.45, 2.75) is 44.6 Å². The Morgan fingerprint density at radius 1 is 1.00 bits per heavy atom. The van der Waals surface area contributed by atoms with Crippen molar-refractivity contribution < 1.29 is 4.79 Å². The van der Waals surface area contributed by atoms with Crippen LogP contribution >= 0.6 is 0 Å². The third-order valence-corrected chi connectivity index (χ3v) is 5.87. The van der Waals surface area contributed by atoms with E-state index in [9.17, 15) is 4.79 Å². The predicted molar refractivity (Wildman–Crippen MR) is 101 cm³/mol. The first-order chi connectivity index (χ1) is 12.8. The van der Waals surface area contributed by atoms with Gasteiger partial charge in [0.2, 0.25) is 0 Å². The van der Waals surface area contributed by atoms with Crippen LogP contribution in [-0.2, 0) is 0 Å². The summed E-state index contributed by atoms with van der Waals surface area (Å²) in [6, 6.07) is 10.7. The maximum atomic E-state index is 13.0. The number of likely N-dealkylation sites (tertiary alicyclic amines) is 1. The summed E-state index contributed by atoms with van der Waals surface area (Å²) in [5, 5.41) is 4.85. The van der Waals surface area contributed by atoms with Crippen LogP contribution in [0.4, 0.5) is 0 Å². The van der Waals surface area contributed by atoms with E-state index in [4.69, 9.17) is 5.10 Å². The van der Waals surface area contributed by atoms with E-state index in [0.29, 0.717) is 6.04 Å². The smallest absolute Gasteiger partial charge is 0.256 e. The maximum Gasteiger partial charge on any atom is 0.256 e. The molecule has 1 aliphatic heterocycles. The van der Waals surface area contributed by atoms with Gasteiger partial charge in [0.25, 0.3) is 5.91 Å². The summed E-state index contributed by atoms with van der Waals surface area (Å²) in [5.41, 5.74) is 3.70. The van der Waals surface area contributed by atoms with Gasteiger partial charge in [-0.3, -0.25) is 9.48 Å². The molecule has 4 heterocycles. The van der Waals surface area contributed by atoms with Gasteiger partial charge in [0.05, 0.1) is 22.8 Å². The molecule has 5 heteroatoms. The lowest BCUT2D eigenvalue weighted by molar-refractivity contribution is 0.0795. The summed E-state index contributed by atoms with van der Waals surface area (Å²) in [5.74, 6) is 0.146. The van der Waals surface area contributed by atoms with Crippen LogP contribution in [0.2, 0.25) is 0 Å². The molecule has 26 heavy (non-hydrogen) atoms. The number of carbonyl (C=O) groups excluding carboxylic acids is 1. The topological polar surface area (TPSA) is 42.5 Å². The van der Waals surface area contributed by atoms with Crippen LogP contribution in [0.3, 0.4) is 0 Å². The van der Waals surface area contributed by atoms with Gasteiger partial charge in [0, 0.05) is 25.5 Å². The Labute approximate surface area is 153 Å². The number of carbonyl (C=O) groups is 1. The van der Waals surface area contributed by atoms with Crippen molar-refractivity contribution in [3.05, 3.63) is 48.3 Å². The van der Waals surface area contributed by atoms with E-state index >= 15 is 0 Å². The summed E-state index contributed by atoms with van der Waals surface area (Å²) in [4.78, 5) is 15.0. The van der Waals surface area contributed by atoms with Gasteiger partial charge in [-0.25, -0.2) is 0 Å². The summed E-state index contributed by atoms with van der Waals surface area (Å²) in [6.07, 6.45) is 11.4. The molecule has 134 valence electrons. The zero-order chi connectivity index (χ0) is 17.5. The number of hydrogen-bond donors (Lipinski definition) is 0. The second kappa shape index (κ2) is 6.31. The van der Waals surface area contributed by atoms with E-state index in [1.807, 2.05) is 35.4 Å². The third kappa shape index (κ3) is 2.54. The molecule has 2 fully saturated rings. The fourth-order valence-electron chi connectivity index (χ4n) is 4.46. The molecule has 3 aromatic heterocycles. The number of pyridine rings is 1.